The van der Waals surface area contributed by atoms with Gasteiger partial charge in [0.25, 0.3) is 0 Å². The molecule has 0 bridgehead atoms. The van der Waals surface area contributed by atoms with Crippen LogP contribution in [0.1, 0.15) is 0 Å². The monoisotopic (exact) mass is 368 g/mol. The average Bonchev–Trinajstić information content (AvgIpc) is 2.98. The van der Waals surface area contributed by atoms with Gasteiger partial charge in [-0.3, -0.25) is 4.90 Å². The number of halogens is 3. The van der Waals surface area contributed by atoms with Crippen LogP contribution in [0.15, 0.2) is 24.3 Å². The van der Waals surface area contributed by atoms with E-state index in [4.69, 9.17) is 16.3 Å². The van der Waals surface area contributed by atoms with E-state index >= 15 is 0 Å². The maximum absolute atomic E-state index is 9.66. The minimum atomic E-state index is 0. The van der Waals surface area contributed by atoms with Crippen LogP contribution in [0.5, 0.6) is 5.75 Å². The third-order valence-corrected chi connectivity index (χ3v) is 4.81. The summed E-state index contributed by atoms with van der Waals surface area (Å²) in [7, 11) is 0. The number of nitrogens with zero attached hydrogens (tertiary/aromatic N) is 1. The van der Waals surface area contributed by atoms with E-state index in [9.17, 15) is 5.11 Å². The number of likely N-dealkylation sites (tertiary alicyclic amines) is 1. The van der Waals surface area contributed by atoms with Crippen LogP contribution in [-0.4, -0.2) is 55.9 Å². The van der Waals surface area contributed by atoms with Gasteiger partial charge in [-0.15, -0.1) is 24.8 Å². The van der Waals surface area contributed by atoms with Crippen molar-refractivity contribution in [3.05, 3.63) is 29.3 Å². The second kappa shape index (κ2) is 8.57. The molecule has 2 aliphatic rings. The summed E-state index contributed by atoms with van der Waals surface area (Å²) in [4.78, 5) is 2.40. The molecule has 126 valence electrons. The van der Waals surface area contributed by atoms with E-state index in [2.05, 4.69) is 10.2 Å². The highest BCUT2D eigenvalue weighted by atomic mass is 35.5. The molecule has 22 heavy (non-hydrogen) atoms. The number of benzene rings is 1. The third kappa shape index (κ3) is 4.19. The molecule has 2 fully saturated rings. The molecule has 0 spiro atoms. The predicted octanol–water partition coefficient (Wildman–Crippen LogP) is 2.08. The Morgan fingerprint density at radius 1 is 1.32 bits per heavy atom. The van der Waals surface area contributed by atoms with Gasteiger partial charge >= 0.3 is 0 Å². The standard InChI is InChI=1S/C15H21ClN2O2.2ClH/c16-13-1-3-14(4-2-13)20-6-5-18-8-12-7-17-9-15(12,10-18)11-19;;/h1-4,12,17,19H,5-11H2;2*1H. The van der Waals surface area contributed by atoms with Crippen LogP contribution in [0.3, 0.4) is 0 Å². The first-order chi connectivity index (χ1) is 9.72. The molecular formula is C15H23Cl3N2O2. The average molecular weight is 370 g/mol. The van der Waals surface area contributed by atoms with E-state index in [1.807, 2.05) is 24.3 Å². The molecule has 1 aromatic carbocycles. The summed E-state index contributed by atoms with van der Waals surface area (Å²) in [5.41, 5.74) is 0.0697. The zero-order valence-electron chi connectivity index (χ0n) is 12.3. The number of hydrogen-bond donors (Lipinski definition) is 2. The SMILES string of the molecule is Cl.Cl.OCC12CNCC1CN(CCOc1ccc(Cl)cc1)C2. The minimum Gasteiger partial charge on any atom is -0.492 e. The third-order valence-electron chi connectivity index (χ3n) is 4.56. The summed E-state index contributed by atoms with van der Waals surface area (Å²) in [5.74, 6) is 1.43. The maximum Gasteiger partial charge on any atom is 0.119 e. The number of nitrogens with one attached hydrogen (secondary N) is 1. The first-order valence-electron chi connectivity index (χ1n) is 7.14. The molecule has 1 aromatic rings. The second-order valence-corrected chi connectivity index (χ2v) is 6.32. The van der Waals surface area contributed by atoms with Crippen LogP contribution < -0.4 is 10.1 Å². The van der Waals surface area contributed by atoms with Gasteiger partial charge in [0.2, 0.25) is 0 Å². The summed E-state index contributed by atoms with van der Waals surface area (Å²) < 4.78 is 5.73. The van der Waals surface area contributed by atoms with Crippen molar-refractivity contribution in [2.75, 3.05) is 45.9 Å². The molecule has 0 saturated carbocycles. The normalized spacial score (nSPS) is 26.9. The van der Waals surface area contributed by atoms with E-state index in [-0.39, 0.29) is 36.8 Å². The molecule has 2 aliphatic heterocycles. The molecule has 4 nitrogen and oxygen atoms in total. The van der Waals surface area contributed by atoms with Crippen molar-refractivity contribution < 1.29 is 9.84 Å². The van der Waals surface area contributed by atoms with E-state index in [1.165, 1.54) is 0 Å². The van der Waals surface area contributed by atoms with Crippen molar-refractivity contribution in [3.8, 4) is 5.75 Å². The Kier molecular flexibility index (Phi) is 7.72. The lowest BCUT2D eigenvalue weighted by molar-refractivity contribution is 0.122. The quantitative estimate of drug-likeness (QED) is 0.834. The molecule has 2 heterocycles. The van der Waals surface area contributed by atoms with Gasteiger partial charge in [0.15, 0.2) is 0 Å². The maximum atomic E-state index is 9.66. The molecule has 2 saturated heterocycles. The Morgan fingerprint density at radius 3 is 2.68 bits per heavy atom. The topological polar surface area (TPSA) is 44.7 Å². The largest absolute Gasteiger partial charge is 0.492 e. The summed E-state index contributed by atoms with van der Waals surface area (Å²) in [6.45, 7) is 5.82. The zero-order valence-corrected chi connectivity index (χ0v) is 14.7. The molecule has 0 amide bonds. The Morgan fingerprint density at radius 2 is 2.05 bits per heavy atom. The fourth-order valence-electron chi connectivity index (χ4n) is 3.35. The fraction of sp³-hybridized carbons (Fsp3) is 0.600. The molecule has 0 radical (unpaired) electrons. The Balaban J connectivity index is 0.00000121. The summed E-state index contributed by atoms with van der Waals surface area (Å²) in [5, 5.41) is 13.8. The zero-order chi connectivity index (χ0) is 14.0. The number of fused-ring (bicyclic) bond motifs is 1. The van der Waals surface area contributed by atoms with Gasteiger partial charge in [-0.2, -0.15) is 0 Å². The molecule has 0 aromatic heterocycles. The molecular weight excluding hydrogens is 347 g/mol. The Bertz CT molecular complexity index is 461. The van der Waals surface area contributed by atoms with E-state index in [1.54, 1.807) is 0 Å². The van der Waals surface area contributed by atoms with Gasteiger partial charge < -0.3 is 15.2 Å². The van der Waals surface area contributed by atoms with Gasteiger partial charge in [0.1, 0.15) is 12.4 Å². The molecule has 0 aliphatic carbocycles. The molecule has 7 heteroatoms. The van der Waals surface area contributed by atoms with Crippen molar-refractivity contribution in [2.45, 2.75) is 0 Å². The van der Waals surface area contributed by atoms with Gasteiger partial charge in [-0.1, -0.05) is 11.6 Å². The van der Waals surface area contributed by atoms with Crippen LogP contribution in [-0.2, 0) is 0 Å². The van der Waals surface area contributed by atoms with Crippen molar-refractivity contribution >= 4 is 36.4 Å². The minimum absolute atomic E-state index is 0. The fourth-order valence-corrected chi connectivity index (χ4v) is 3.48. The number of aliphatic hydroxyl groups is 1. The van der Waals surface area contributed by atoms with Gasteiger partial charge in [0.05, 0.1) is 6.61 Å². The molecule has 2 unspecified atom stereocenters. The lowest BCUT2D eigenvalue weighted by Gasteiger charge is -2.25. The highest BCUT2D eigenvalue weighted by Crippen LogP contribution is 2.38. The van der Waals surface area contributed by atoms with Crippen LogP contribution in [0, 0.1) is 11.3 Å². The van der Waals surface area contributed by atoms with E-state index in [0.717, 1.165) is 43.5 Å². The van der Waals surface area contributed by atoms with Crippen molar-refractivity contribution in [2.24, 2.45) is 11.3 Å². The highest BCUT2D eigenvalue weighted by molar-refractivity contribution is 6.30. The highest BCUT2D eigenvalue weighted by Gasteiger charge is 2.48. The van der Waals surface area contributed by atoms with Crippen LogP contribution >= 0.6 is 36.4 Å². The number of hydrogen-bond acceptors (Lipinski definition) is 4. The van der Waals surface area contributed by atoms with Crippen molar-refractivity contribution in [1.29, 1.82) is 0 Å². The first kappa shape index (κ1) is 19.8. The second-order valence-electron chi connectivity index (χ2n) is 5.89. The van der Waals surface area contributed by atoms with Crippen LogP contribution in [0.2, 0.25) is 5.02 Å². The molecule has 2 N–H and O–H groups in total. The lowest BCUT2D eigenvalue weighted by atomic mass is 9.82. The van der Waals surface area contributed by atoms with Gasteiger partial charge in [-0.05, 0) is 36.7 Å². The molecule has 3 rings (SSSR count). The lowest BCUT2D eigenvalue weighted by Crippen LogP contribution is -2.36. The predicted molar refractivity (Wildman–Crippen MR) is 93.8 cm³/mol. The van der Waals surface area contributed by atoms with Crippen LogP contribution in [0.25, 0.3) is 0 Å². The Hall–Kier alpha value is -0.230. The number of aliphatic hydroxyl groups excluding tert-OH is 1. The summed E-state index contributed by atoms with van der Waals surface area (Å²) in [6.07, 6.45) is 0. The van der Waals surface area contributed by atoms with Crippen LogP contribution in [0.4, 0.5) is 0 Å². The molecule has 2 atom stereocenters. The number of rotatable bonds is 5. The Labute approximate surface area is 149 Å². The van der Waals surface area contributed by atoms with Crippen molar-refractivity contribution in [1.82, 2.24) is 10.2 Å². The number of ether oxygens (including phenoxy) is 1. The van der Waals surface area contributed by atoms with E-state index < -0.39 is 0 Å². The van der Waals surface area contributed by atoms with Crippen molar-refractivity contribution in [3.63, 3.8) is 0 Å². The summed E-state index contributed by atoms with van der Waals surface area (Å²) in [6, 6.07) is 7.45. The first-order valence-corrected chi connectivity index (χ1v) is 7.52. The smallest absolute Gasteiger partial charge is 0.119 e. The van der Waals surface area contributed by atoms with Gasteiger partial charge in [0, 0.05) is 36.6 Å². The van der Waals surface area contributed by atoms with Gasteiger partial charge in [-0.25, -0.2) is 0 Å². The van der Waals surface area contributed by atoms with E-state index in [0.29, 0.717) is 12.5 Å². The summed E-state index contributed by atoms with van der Waals surface area (Å²) >= 11 is 5.84.